The summed E-state index contributed by atoms with van der Waals surface area (Å²) in [6.45, 7) is 0.941. The van der Waals surface area contributed by atoms with Crippen LogP contribution in [0.2, 0.25) is 0 Å². The molecule has 1 aliphatic heterocycles. The molecule has 0 radical (unpaired) electrons. The standard InChI is InChI=1S/C15H23BrN5O5P/c1-23-27(22,24-2)9-5-8-26-15-19-12(17)11-13(20-15)21(14(16)18-11)10-6-3-4-7-25-10/h10H,3-9H2,1-2H3,(H2,17,19,20). The molecular weight excluding hydrogens is 441 g/mol. The van der Waals surface area contributed by atoms with Gasteiger partial charge in [0.2, 0.25) is 0 Å². The third-order valence-electron chi connectivity index (χ3n) is 4.31. The van der Waals surface area contributed by atoms with E-state index in [0.29, 0.717) is 28.9 Å². The van der Waals surface area contributed by atoms with Crippen LogP contribution in [-0.2, 0) is 18.3 Å². The Morgan fingerprint density at radius 2 is 2.07 bits per heavy atom. The molecule has 27 heavy (non-hydrogen) atoms. The van der Waals surface area contributed by atoms with Gasteiger partial charge in [0.05, 0.1) is 12.8 Å². The van der Waals surface area contributed by atoms with Gasteiger partial charge >= 0.3 is 13.6 Å². The number of nitrogen functional groups attached to an aromatic ring is 1. The monoisotopic (exact) mass is 463 g/mol. The summed E-state index contributed by atoms with van der Waals surface area (Å²) >= 11 is 3.45. The largest absolute Gasteiger partial charge is 0.463 e. The Bertz CT molecular complexity index is 834. The number of halogens is 1. The van der Waals surface area contributed by atoms with E-state index in [9.17, 15) is 4.57 Å². The number of nitrogens with zero attached hydrogens (tertiary/aromatic N) is 4. The topological polar surface area (TPSA) is 124 Å². The van der Waals surface area contributed by atoms with E-state index in [1.54, 1.807) is 0 Å². The van der Waals surface area contributed by atoms with Gasteiger partial charge in [0.15, 0.2) is 21.7 Å². The molecule has 1 atom stereocenters. The molecular formula is C15H23BrN5O5P. The van der Waals surface area contributed by atoms with Crippen LogP contribution in [0.25, 0.3) is 11.2 Å². The minimum absolute atomic E-state index is 0.133. The molecule has 1 unspecified atom stereocenters. The molecule has 1 saturated heterocycles. The molecule has 1 aliphatic rings. The summed E-state index contributed by atoms with van der Waals surface area (Å²) < 4.78 is 35.7. The van der Waals surface area contributed by atoms with E-state index in [-0.39, 0.29) is 30.8 Å². The van der Waals surface area contributed by atoms with E-state index >= 15 is 0 Å². The lowest BCUT2D eigenvalue weighted by molar-refractivity contribution is -0.0311. The Hall–Kier alpha value is -1.26. The number of imidazole rings is 1. The van der Waals surface area contributed by atoms with Gasteiger partial charge in [0.1, 0.15) is 6.23 Å². The lowest BCUT2D eigenvalue weighted by Crippen LogP contribution is -2.19. The van der Waals surface area contributed by atoms with Crippen molar-refractivity contribution in [2.75, 3.05) is 39.3 Å². The second-order valence-corrected chi connectivity index (χ2v) is 9.15. The highest BCUT2D eigenvalue weighted by Gasteiger charge is 2.24. The number of ether oxygens (including phenoxy) is 2. The zero-order chi connectivity index (χ0) is 19.4. The first-order valence-corrected chi connectivity index (χ1v) is 11.2. The molecule has 150 valence electrons. The highest BCUT2D eigenvalue weighted by Crippen LogP contribution is 2.46. The molecule has 2 aromatic rings. The molecule has 3 heterocycles. The fourth-order valence-electron chi connectivity index (χ4n) is 2.87. The van der Waals surface area contributed by atoms with Gasteiger partial charge in [-0.2, -0.15) is 9.97 Å². The maximum atomic E-state index is 12.0. The van der Waals surface area contributed by atoms with Crippen molar-refractivity contribution in [1.29, 1.82) is 0 Å². The summed E-state index contributed by atoms with van der Waals surface area (Å²) in [7, 11) is -0.344. The van der Waals surface area contributed by atoms with Crippen molar-refractivity contribution < 1.29 is 23.1 Å². The highest BCUT2D eigenvalue weighted by atomic mass is 79.9. The van der Waals surface area contributed by atoms with Crippen LogP contribution in [0.15, 0.2) is 4.73 Å². The van der Waals surface area contributed by atoms with Crippen LogP contribution in [0, 0.1) is 0 Å². The van der Waals surface area contributed by atoms with Crippen molar-refractivity contribution in [3.8, 4) is 6.01 Å². The third-order valence-corrected chi connectivity index (χ3v) is 6.85. The number of aromatic nitrogens is 4. The van der Waals surface area contributed by atoms with E-state index in [1.165, 1.54) is 14.2 Å². The van der Waals surface area contributed by atoms with Gasteiger partial charge < -0.3 is 24.3 Å². The Morgan fingerprint density at radius 1 is 1.30 bits per heavy atom. The summed E-state index contributed by atoms with van der Waals surface area (Å²) in [6, 6.07) is 0.133. The summed E-state index contributed by atoms with van der Waals surface area (Å²) in [4.78, 5) is 13.0. The average Bonchev–Trinajstić information content (AvgIpc) is 3.02. The van der Waals surface area contributed by atoms with E-state index in [0.717, 1.165) is 19.3 Å². The quantitative estimate of drug-likeness (QED) is 0.357. The van der Waals surface area contributed by atoms with Crippen molar-refractivity contribution in [3.63, 3.8) is 0 Å². The second kappa shape index (κ2) is 8.83. The van der Waals surface area contributed by atoms with Crippen LogP contribution in [0.4, 0.5) is 5.82 Å². The van der Waals surface area contributed by atoms with Crippen molar-refractivity contribution in [3.05, 3.63) is 4.73 Å². The predicted molar refractivity (Wildman–Crippen MR) is 103 cm³/mol. The molecule has 3 rings (SSSR count). The summed E-state index contributed by atoms with van der Waals surface area (Å²) in [5.41, 5.74) is 7.08. The Labute approximate surface area is 165 Å². The number of anilines is 1. The molecule has 0 saturated carbocycles. The lowest BCUT2D eigenvalue weighted by Gasteiger charge is -2.24. The van der Waals surface area contributed by atoms with Gasteiger partial charge in [-0.05, 0) is 41.6 Å². The van der Waals surface area contributed by atoms with E-state index < -0.39 is 7.60 Å². The van der Waals surface area contributed by atoms with Crippen molar-refractivity contribution >= 4 is 40.5 Å². The van der Waals surface area contributed by atoms with Crippen LogP contribution >= 0.6 is 23.5 Å². The Morgan fingerprint density at radius 3 is 2.74 bits per heavy atom. The first-order chi connectivity index (χ1) is 13.0. The number of hydrogen-bond donors (Lipinski definition) is 1. The van der Waals surface area contributed by atoms with Gasteiger partial charge in [-0.3, -0.25) is 9.13 Å². The van der Waals surface area contributed by atoms with E-state index in [4.69, 9.17) is 24.3 Å². The fourth-order valence-corrected chi connectivity index (χ4v) is 4.48. The van der Waals surface area contributed by atoms with Crippen molar-refractivity contribution in [2.45, 2.75) is 31.9 Å². The van der Waals surface area contributed by atoms with E-state index in [1.807, 2.05) is 4.57 Å². The normalized spacial score (nSPS) is 18.1. The van der Waals surface area contributed by atoms with Gasteiger partial charge in [-0.15, -0.1) is 0 Å². The zero-order valence-corrected chi connectivity index (χ0v) is 17.7. The number of hydrogen-bond acceptors (Lipinski definition) is 9. The molecule has 1 fully saturated rings. The first kappa shape index (κ1) is 20.5. The molecule has 0 bridgehead atoms. The highest BCUT2D eigenvalue weighted by molar-refractivity contribution is 9.10. The molecule has 10 nitrogen and oxygen atoms in total. The van der Waals surface area contributed by atoms with Gasteiger partial charge in [-0.25, -0.2) is 4.98 Å². The lowest BCUT2D eigenvalue weighted by atomic mass is 10.2. The van der Waals surface area contributed by atoms with Gasteiger partial charge in [0.25, 0.3) is 0 Å². The fraction of sp³-hybridized carbons (Fsp3) is 0.667. The molecule has 0 aromatic carbocycles. The zero-order valence-electron chi connectivity index (χ0n) is 15.3. The molecule has 12 heteroatoms. The van der Waals surface area contributed by atoms with Crippen LogP contribution in [0.3, 0.4) is 0 Å². The third kappa shape index (κ3) is 4.60. The first-order valence-electron chi connectivity index (χ1n) is 8.63. The number of rotatable bonds is 8. The summed E-state index contributed by atoms with van der Waals surface area (Å²) in [6.07, 6.45) is 3.51. The maximum absolute atomic E-state index is 12.0. The second-order valence-electron chi connectivity index (χ2n) is 6.04. The van der Waals surface area contributed by atoms with Gasteiger partial charge in [0, 0.05) is 20.8 Å². The molecule has 2 N–H and O–H groups in total. The van der Waals surface area contributed by atoms with Crippen LogP contribution < -0.4 is 10.5 Å². The van der Waals surface area contributed by atoms with Crippen LogP contribution in [0.1, 0.15) is 31.9 Å². The Balaban J connectivity index is 1.76. The van der Waals surface area contributed by atoms with Crippen LogP contribution in [-0.4, -0.2) is 53.1 Å². The summed E-state index contributed by atoms with van der Waals surface area (Å²) in [5, 5.41) is 0. The van der Waals surface area contributed by atoms with Gasteiger partial charge in [-0.1, -0.05) is 0 Å². The number of nitrogens with two attached hydrogens (primary N) is 1. The minimum atomic E-state index is -3.06. The number of fused-ring (bicyclic) bond motifs is 1. The van der Waals surface area contributed by atoms with Crippen molar-refractivity contribution in [2.24, 2.45) is 0 Å². The molecule has 2 aromatic heterocycles. The molecule has 0 amide bonds. The summed E-state index contributed by atoms with van der Waals surface area (Å²) in [5.74, 6) is 0.227. The van der Waals surface area contributed by atoms with Crippen molar-refractivity contribution in [1.82, 2.24) is 19.5 Å². The molecule has 0 spiro atoms. The molecule has 0 aliphatic carbocycles. The van der Waals surface area contributed by atoms with E-state index in [2.05, 4.69) is 30.9 Å². The maximum Gasteiger partial charge on any atom is 0.330 e. The smallest absolute Gasteiger partial charge is 0.330 e. The minimum Gasteiger partial charge on any atom is -0.463 e. The average molecular weight is 464 g/mol. The Kier molecular flexibility index (Phi) is 6.69. The SMILES string of the molecule is COP(=O)(CCCOc1nc(N)c2nc(Br)n(C3CCCCO3)c2n1)OC. The van der Waals surface area contributed by atoms with Crippen LogP contribution in [0.5, 0.6) is 6.01 Å². The predicted octanol–water partition coefficient (Wildman–Crippen LogP) is 3.12.